The Bertz CT molecular complexity index is 447. The van der Waals surface area contributed by atoms with E-state index in [1.54, 1.807) is 7.11 Å². The van der Waals surface area contributed by atoms with Crippen LogP contribution in [0.5, 0.6) is 5.75 Å². The van der Waals surface area contributed by atoms with Crippen LogP contribution < -0.4 is 15.4 Å². The van der Waals surface area contributed by atoms with Crippen molar-refractivity contribution in [3.05, 3.63) is 29.8 Å². The quantitative estimate of drug-likeness (QED) is 0.418. The normalized spacial score (nSPS) is 11.6. The Kier molecular flexibility index (Phi) is 9.07. The van der Waals surface area contributed by atoms with Gasteiger partial charge >= 0.3 is 0 Å². The summed E-state index contributed by atoms with van der Waals surface area (Å²) in [6.07, 6.45) is 0. The first kappa shape index (κ1) is 18.3. The van der Waals surface area contributed by atoms with Crippen LogP contribution >= 0.6 is 0 Å². The number of ether oxygens (including phenoxy) is 2. The minimum atomic E-state index is 0.504. The van der Waals surface area contributed by atoms with Crippen molar-refractivity contribution in [3.8, 4) is 5.75 Å². The average molecular weight is 307 g/mol. The van der Waals surface area contributed by atoms with Crippen LogP contribution in [-0.4, -0.2) is 39.4 Å². The number of guanidine groups is 1. The van der Waals surface area contributed by atoms with E-state index in [0.717, 1.165) is 30.4 Å². The highest BCUT2D eigenvalue weighted by Crippen LogP contribution is 2.19. The lowest BCUT2D eigenvalue weighted by molar-refractivity contribution is 0.203. The summed E-state index contributed by atoms with van der Waals surface area (Å²) in [5.41, 5.74) is 1.09. The van der Waals surface area contributed by atoms with Crippen LogP contribution in [0.1, 0.15) is 26.3 Å². The van der Waals surface area contributed by atoms with Gasteiger partial charge in [0.2, 0.25) is 0 Å². The molecule has 0 fully saturated rings. The van der Waals surface area contributed by atoms with Gasteiger partial charge in [-0.25, -0.2) is 4.99 Å². The molecular formula is C17H29N3O2. The molecule has 0 aliphatic heterocycles. The Balaban J connectivity index is 2.67. The summed E-state index contributed by atoms with van der Waals surface area (Å²) in [5.74, 6) is 2.20. The zero-order valence-corrected chi connectivity index (χ0v) is 14.2. The van der Waals surface area contributed by atoms with E-state index >= 15 is 0 Å². The number of aliphatic imine (C=N–C) groups is 1. The third kappa shape index (κ3) is 7.31. The second-order valence-electron chi connectivity index (χ2n) is 5.43. The van der Waals surface area contributed by atoms with Gasteiger partial charge in [0.25, 0.3) is 0 Å². The summed E-state index contributed by atoms with van der Waals surface area (Å²) in [4.78, 5) is 4.60. The van der Waals surface area contributed by atoms with E-state index in [2.05, 4.69) is 35.5 Å². The topological polar surface area (TPSA) is 54.9 Å². The predicted octanol–water partition coefficient (Wildman–Crippen LogP) is 2.42. The zero-order valence-electron chi connectivity index (χ0n) is 14.2. The molecule has 0 spiro atoms. The number of hydrogen-bond acceptors (Lipinski definition) is 3. The molecule has 5 nitrogen and oxygen atoms in total. The van der Waals surface area contributed by atoms with Crippen LogP contribution in [0.25, 0.3) is 0 Å². The maximum atomic E-state index is 5.86. The lowest BCUT2D eigenvalue weighted by Gasteiger charge is -2.13. The second kappa shape index (κ2) is 10.9. The van der Waals surface area contributed by atoms with Crippen molar-refractivity contribution < 1.29 is 9.47 Å². The van der Waals surface area contributed by atoms with E-state index in [1.165, 1.54) is 0 Å². The first-order valence-electron chi connectivity index (χ1n) is 7.89. The molecule has 0 aliphatic rings. The van der Waals surface area contributed by atoms with Gasteiger partial charge in [-0.05, 0) is 18.9 Å². The summed E-state index contributed by atoms with van der Waals surface area (Å²) >= 11 is 0. The SMILES string of the molecule is CCNC(=NCc1ccccc1OCC(C)C)NCCOC. The fourth-order valence-electron chi connectivity index (χ4n) is 1.81. The maximum absolute atomic E-state index is 5.86. The van der Waals surface area contributed by atoms with E-state index in [4.69, 9.17) is 9.47 Å². The molecule has 124 valence electrons. The summed E-state index contributed by atoms with van der Waals surface area (Å²) in [5, 5.41) is 6.46. The van der Waals surface area contributed by atoms with Crippen molar-refractivity contribution in [2.45, 2.75) is 27.3 Å². The molecule has 0 bridgehead atoms. The molecule has 0 aromatic heterocycles. The Labute approximate surface area is 134 Å². The van der Waals surface area contributed by atoms with Crippen molar-refractivity contribution in [2.75, 3.05) is 33.4 Å². The van der Waals surface area contributed by atoms with Gasteiger partial charge in [0, 0.05) is 25.8 Å². The van der Waals surface area contributed by atoms with Gasteiger partial charge < -0.3 is 20.1 Å². The average Bonchev–Trinajstić information content (AvgIpc) is 2.51. The van der Waals surface area contributed by atoms with E-state index in [9.17, 15) is 0 Å². The van der Waals surface area contributed by atoms with Crippen LogP contribution in [-0.2, 0) is 11.3 Å². The molecule has 0 amide bonds. The Morgan fingerprint density at radius 2 is 2.00 bits per heavy atom. The van der Waals surface area contributed by atoms with E-state index in [-0.39, 0.29) is 0 Å². The summed E-state index contributed by atoms with van der Waals surface area (Å²) in [6, 6.07) is 8.06. The smallest absolute Gasteiger partial charge is 0.191 e. The van der Waals surface area contributed by atoms with Gasteiger partial charge in [0.15, 0.2) is 5.96 Å². The van der Waals surface area contributed by atoms with Crippen molar-refractivity contribution >= 4 is 5.96 Å². The number of benzene rings is 1. The molecule has 0 atom stereocenters. The van der Waals surface area contributed by atoms with Crippen LogP contribution in [0, 0.1) is 5.92 Å². The van der Waals surface area contributed by atoms with Gasteiger partial charge in [-0.3, -0.25) is 0 Å². The van der Waals surface area contributed by atoms with Gasteiger partial charge in [-0.2, -0.15) is 0 Å². The maximum Gasteiger partial charge on any atom is 0.191 e. The lowest BCUT2D eigenvalue weighted by Crippen LogP contribution is -2.38. The highest BCUT2D eigenvalue weighted by Gasteiger charge is 2.04. The summed E-state index contributed by atoms with van der Waals surface area (Å²) in [6.45, 7) is 9.83. The van der Waals surface area contributed by atoms with Crippen LogP contribution in [0.3, 0.4) is 0 Å². The Morgan fingerprint density at radius 3 is 2.68 bits per heavy atom. The molecule has 2 N–H and O–H groups in total. The molecule has 0 saturated heterocycles. The summed E-state index contributed by atoms with van der Waals surface area (Å²) in [7, 11) is 1.69. The molecule has 22 heavy (non-hydrogen) atoms. The molecule has 1 rings (SSSR count). The monoisotopic (exact) mass is 307 g/mol. The van der Waals surface area contributed by atoms with E-state index in [0.29, 0.717) is 25.7 Å². The zero-order chi connectivity index (χ0) is 16.2. The molecule has 5 heteroatoms. The summed E-state index contributed by atoms with van der Waals surface area (Å²) < 4.78 is 10.9. The van der Waals surface area contributed by atoms with Crippen molar-refractivity contribution in [3.63, 3.8) is 0 Å². The highest BCUT2D eigenvalue weighted by molar-refractivity contribution is 5.79. The van der Waals surface area contributed by atoms with Crippen molar-refractivity contribution in [1.82, 2.24) is 10.6 Å². The minimum Gasteiger partial charge on any atom is -0.493 e. The molecule has 0 unspecified atom stereocenters. The number of nitrogens with one attached hydrogen (secondary N) is 2. The molecule has 1 aromatic carbocycles. The first-order chi connectivity index (χ1) is 10.7. The number of nitrogens with zero attached hydrogens (tertiary/aromatic N) is 1. The number of para-hydroxylation sites is 1. The van der Waals surface area contributed by atoms with Crippen LogP contribution in [0.4, 0.5) is 0 Å². The van der Waals surface area contributed by atoms with Gasteiger partial charge in [-0.15, -0.1) is 0 Å². The molecule has 0 heterocycles. The van der Waals surface area contributed by atoms with Crippen molar-refractivity contribution in [2.24, 2.45) is 10.9 Å². The molecule has 1 aromatic rings. The van der Waals surface area contributed by atoms with E-state index < -0.39 is 0 Å². The Hall–Kier alpha value is -1.75. The number of rotatable bonds is 9. The van der Waals surface area contributed by atoms with Gasteiger partial charge in [0.05, 0.1) is 19.8 Å². The van der Waals surface area contributed by atoms with Gasteiger partial charge in [-0.1, -0.05) is 32.0 Å². The standard InChI is InChI=1S/C17H29N3O2/c1-5-18-17(19-10-11-21-4)20-12-15-8-6-7-9-16(15)22-13-14(2)3/h6-9,14H,5,10-13H2,1-4H3,(H2,18,19,20). The third-order valence-corrected chi connectivity index (χ3v) is 2.90. The fourth-order valence-corrected chi connectivity index (χ4v) is 1.81. The largest absolute Gasteiger partial charge is 0.493 e. The molecule has 0 saturated carbocycles. The van der Waals surface area contributed by atoms with E-state index in [1.807, 2.05) is 25.1 Å². The second-order valence-corrected chi connectivity index (χ2v) is 5.43. The highest BCUT2D eigenvalue weighted by atomic mass is 16.5. The number of methoxy groups -OCH3 is 1. The van der Waals surface area contributed by atoms with Gasteiger partial charge in [0.1, 0.15) is 5.75 Å². The van der Waals surface area contributed by atoms with Crippen molar-refractivity contribution in [1.29, 1.82) is 0 Å². The predicted molar refractivity (Wildman–Crippen MR) is 91.5 cm³/mol. The van der Waals surface area contributed by atoms with Crippen LogP contribution in [0.2, 0.25) is 0 Å². The first-order valence-corrected chi connectivity index (χ1v) is 7.89. The van der Waals surface area contributed by atoms with Crippen LogP contribution in [0.15, 0.2) is 29.3 Å². The lowest BCUT2D eigenvalue weighted by atomic mass is 10.2. The molecule has 0 aliphatic carbocycles. The minimum absolute atomic E-state index is 0.504. The Morgan fingerprint density at radius 1 is 1.23 bits per heavy atom. The number of hydrogen-bond donors (Lipinski definition) is 2. The third-order valence-electron chi connectivity index (χ3n) is 2.90. The molecular weight excluding hydrogens is 278 g/mol. The fraction of sp³-hybridized carbons (Fsp3) is 0.588. The molecule has 0 radical (unpaired) electrons.